The van der Waals surface area contributed by atoms with Crippen LogP contribution in [0, 0.1) is 0 Å². The molecule has 0 bridgehead atoms. The number of ketones is 1. The summed E-state index contributed by atoms with van der Waals surface area (Å²) in [6.07, 6.45) is 2.06. The number of anilines is 2. The van der Waals surface area contributed by atoms with Crippen LogP contribution in [0.3, 0.4) is 0 Å². The van der Waals surface area contributed by atoms with Crippen molar-refractivity contribution in [2.45, 2.75) is 13.3 Å². The third kappa shape index (κ3) is 4.33. The number of hydrogen-bond acceptors (Lipinski definition) is 7. The molecule has 3 heterocycles. The average molecular weight is 373 g/mol. The Hall–Kier alpha value is -3.16. The maximum absolute atomic E-state index is 12.7. The van der Waals surface area contributed by atoms with Gasteiger partial charge in [-0.15, -0.1) is 0 Å². The number of amides is 1. The van der Waals surface area contributed by atoms with E-state index in [-0.39, 0.29) is 20.5 Å². The number of carbonyl (C=O) groups is 2. The molecule has 8 nitrogen and oxygen atoms in total. The van der Waals surface area contributed by atoms with Crippen LogP contribution in [0.5, 0.6) is 0 Å². The van der Waals surface area contributed by atoms with Gasteiger partial charge in [0.05, 0.1) is 12.2 Å². The van der Waals surface area contributed by atoms with Gasteiger partial charge in [0.2, 0.25) is 5.78 Å². The summed E-state index contributed by atoms with van der Waals surface area (Å²) >= 11 is 0. The molecule has 3 rings (SSSR count). The van der Waals surface area contributed by atoms with Gasteiger partial charge in [0.1, 0.15) is 17.3 Å². The predicted molar refractivity (Wildman–Crippen MR) is 106 cm³/mol. The van der Waals surface area contributed by atoms with Crippen molar-refractivity contribution in [2.75, 3.05) is 43.4 Å². The lowest BCUT2D eigenvalue weighted by molar-refractivity contribution is 0.103. The van der Waals surface area contributed by atoms with Gasteiger partial charge in [-0.2, -0.15) is 0 Å². The Morgan fingerprint density at radius 2 is 2.04 bits per heavy atom. The fraction of sp³-hybridized carbons (Fsp3) is 0.368. The zero-order chi connectivity index (χ0) is 19.2. The minimum Gasteiger partial charge on any atom is -0.450 e. The predicted octanol–water partition coefficient (Wildman–Crippen LogP) is 2.45. The van der Waals surface area contributed by atoms with Crippen molar-refractivity contribution in [3.8, 4) is 0 Å². The van der Waals surface area contributed by atoms with Crippen molar-refractivity contribution in [2.24, 2.45) is 0 Å². The smallest absolute Gasteiger partial charge is 0.409 e. The summed E-state index contributed by atoms with van der Waals surface area (Å²) in [4.78, 5) is 36.9. The third-order valence-corrected chi connectivity index (χ3v) is 4.40. The summed E-state index contributed by atoms with van der Waals surface area (Å²) in [5, 5.41) is 0. The Balaban J connectivity index is 0.00000210. The van der Waals surface area contributed by atoms with Crippen LogP contribution in [0.2, 0.25) is 0 Å². The van der Waals surface area contributed by atoms with Crippen LogP contribution >= 0.6 is 0 Å². The van der Waals surface area contributed by atoms with E-state index in [2.05, 4.69) is 14.9 Å². The van der Waals surface area contributed by atoms with Crippen molar-refractivity contribution in [3.05, 3.63) is 47.8 Å². The van der Waals surface area contributed by atoms with Gasteiger partial charge >= 0.3 is 6.09 Å². The number of nitrogens with two attached hydrogens (primary N) is 1. The normalized spacial score (nSPS) is 14.6. The van der Waals surface area contributed by atoms with Gasteiger partial charge in [0.25, 0.3) is 0 Å². The zero-order valence-electron chi connectivity index (χ0n) is 15.3. The summed E-state index contributed by atoms with van der Waals surface area (Å²) in [5.74, 6) is 0.633. The molecule has 27 heavy (non-hydrogen) atoms. The van der Waals surface area contributed by atoms with Gasteiger partial charge in [0.15, 0.2) is 0 Å². The maximum Gasteiger partial charge on any atom is 0.409 e. The van der Waals surface area contributed by atoms with E-state index in [1.54, 1.807) is 42.3 Å². The standard InChI is InChI=1S/C19H23N5O3.2H2/c1-2-27-19(26)24-11-5-10-23(12-13-24)16-8-3-7-15(22-16)17(25)14-6-4-9-21-18(14)20;;/h3-4,6-9H,2,5,10-13H2,1H3,(H2,20,21);2*1H. The van der Waals surface area contributed by atoms with Gasteiger partial charge in [-0.1, -0.05) is 6.07 Å². The number of nitrogens with zero attached hydrogens (tertiary/aromatic N) is 4. The van der Waals surface area contributed by atoms with Gasteiger partial charge in [-0.05, 0) is 37.6 Å². The van der Waals surface area contributed by atoms with Crippen molar-refractivity contribution in [3.63, 3.8) is 0 Å². The van der Waals surface area contributed by atoms with E-state index in [1.807, 2.05) is 6.07 Å². The molecule has 0 unspecified atom stereocenters. The Bertz CT molecular complexity index is 837. The van der Waals surface area contributed by atoms with Gasteiger partial charge in [0, 0.05) is 35.2 Å². The van der Waals surface area contributed by atoms with E-state index < -0.39 is 0 Å². The highest BCUT2D eigenvalue weighted by molar-refractivity contribution is 6.10. The minimum atomic E-state index is -0.289. The molecule has 1 amide bonds. The molecule has 2 aromatic rings. The Morgan fingerprint density at radius 1 is 1.19 bits per heavy atom. The highest BCUT2D eigenvalue weighted by Gasteiger charge is 2.21. The molecule has 0 atom stereocenters. The molecule has 146 valence electrons. The van der Waals surface area contributed by atoms with E-state index in [0.717, 1.165) is 13.0 Å². The molecule has 0 aromatic carbocycles. The highest BCUT2D eigenvalue weighted by atomic mass is 16.6. The fourth-order valence-corrected chi connectivity index (χ4v) is 3.02. The highest BCUT2D eigenvalue weighted by Crippen LogP contribution is 2.18. The number of aromatic nitrogens is 2. The molecule has 2 aromatic heterocycles. The average Bonchev–Trinajstić information content (AvgIpc) is 2.94. The summed E-state index contributed by atoms with van der Waals surface area (Å²) in [6.45, 7) is 4.72. The lowest BCUT2D eigenvalue weighted by Crippen LogP contribution is -2.35. The summed E-state index contributed by atoms with van der Waals surface area (Å²) in [6, 6.07) is 8.65. The number of pyridine rings is 2. The van der Waals surface area contributed by atoms with Crippen LogP contribution in [0.1, 0.15) is 32.2 Å². The molecular weight excluding hydrogens is 346 g/mol. The number of hydrogen-bond donors (Lipinski definition) is 1. The molecule has 0 aliphatic carbocycles. The van der Waals surface area contributed by atoms with Crippen molar-refractivity contribution in [1.29, 1.82) is 0 Å². The molecule has 2 N–H and O–H groups in total. The van der Waals surface area contributed by atoms with Crippen LogP contribution in [0.25, 0.3) is 0 Å². The Morgan fingerprint density at radius 3 is 2.81 bits per heavy atom. The third-order valence-electron chi connectivity index (χ3n) is 4.40. The fourth-order valence-electron chi connectivity index (χ4n) is 3.02. The molecule has 0 spiro atoms. The monoisotopic (exact) mass is 373 g/mol. The molecule has 1 saturated heterocycles. The molecule has 0 saturated carbocycles. The topological polar surface area (TPSA) is 102 Å². The second-order valence-corrected chi connectivity index (χ2v) is 6.17. The first kappa shape index (κ1) is 18.6. The van der Waals surface area contributed by atoms with E-state index in [0.29, 0.717) is 43.3 Å². The van der Waals surface area contributed by atoms with Crippen molar-refractivity contribution >= 4 is 23.5 Å². The van der Waals surface area contributed by atoms with Gasteiger partial charge in [-0.3, -0.25) is 4.79 Å². The van der Waals surface area contributed by atoms with Gasteiger partial charge < -0.3 is 20.3 Å². The zero-order valence-corrected chi connectivity index (χ0v) is 15.3. The number of nitrogen functional groups attached to an aromatic ring is 1. The van der Waals surface area contributed by atoms with Crippen LogP contribution < -0.4 is 10.6 Å². The molecule has 1 aliphatic heterocycles. The molecule has 1 fully saturated rings. The lowest BCUT2D eigenvalue weighted by atomic mass is 10.1. The van der Waals surface area contributed by atoms with Crippen LogP contribution in [-0.4, -0.2) is 59.5 Å². The SMILES string of the molecule is CCOC(=O)N1CCCN(c2cccc(C(=O)c3cccnc3N)n2)CC1.[HH].[HH]. The van der Waals surface area contributed by atoms with E-state index in [9.17, 15) is 9.59 Å². The van der Waals surface area contributed by atoms with Crippen LogP contribution in [0.4, 0.5) is 16.4 Å². The number of carbonyl (C=O) groups excluding carboxylic acids is 2. The summed E-state index contributed by atoms with van der Waals surface area (Å²) in [7, 11) is 0. The maximum atomic E-state index is 12.7. The minimum absolute atomic E-state index is 0. The van der Waals surface area contributed by atoms with E-state index in [1.165, 1.54) is 0 Å². The lowest BCUT2D eigenvalue weighted by Gasteiger charge is -2.22. The van der Waals surface area contributed by atoms with Crippen molar-refractivity contribution in [1.82, 2.24) is 14.9 Å². The summed E-state index contributed by atoms with van der Waals surface area (Å²) < 4.78 is 5.08. The molecule has 8 heteroatoms. The summed E-state index contributed by atoms with van der Waals surface area (Å²) in [5.41, 5.74) is 6.47. The van der Waals surface area contributed by atoms with Crippen molar-refractivity contribution < 1.29 is 17.2 Å². The van der Waals surface area contributed by atoms with E-state index >= 15 is 0 Å². The first-order chi connectivity index (χ1) is 13.1. The molecule has 0 radical (unpaired) electrons. The van der Waals surface area contributed by atoms with Crippen LogP contribution in [0.15, 0.2) is 36.5 Å². The van der Waals surface area contributed by atoms with Gasteiger partial charge in [-0.25, -0.2) is 14.8 Å². The molecule has 1 aliphatic rings. The van der Waals surface area contributed by atoms with E-state index in [4.69, 9.17) is 10.5 Å². The first-order valence-electron chi connectivity index (χ1n) is 8.99. The Kier molecular flexibility index (Phi) is 5.85. The number of ether oxygens (including phenoxy) is 1. The molecular formula is C19H27N5O3. The quantitative estimate of drug-likeness (QED) is 0.821. The first-order valence-corrected chi connectivity index (χ1v) is 8.99. The second kappa shape index (κ2) is 8.48. The number of rotatable bonds is 4. The second-order valence-electron chi connectivity index (χ2n) is 6.17. The largest absolute Gasteiger partial charge is 0.450 e. The Labute approximate surface area is 160 Å². The van der Waals surface area contributed by atoms with Crippen LogP contribution in [-0.2, 0) is 4.74 Å².